The molecule has 0 radical (unpaired) electrons. The van der Waals surface area contributed by atoms with Gasteiger partial charge in [-0.05, 0) is 52.2 Å². The van der Waals surface area contributed by atoms with Gasteiger partial charge in [0.05, 0.1) is 24.6 Å². The number of ether oxygens (including phenoxy) is 3. The van der Waals surface area contributed by atoms with Crippen LogP contribution in [0, 0.1) is 18.6 Å². The SMILES string of the molecule is CO[C@@H]1[C@@H](n2cc(-c3ccc(C)c(F)c3F)nn2)[C@@H](O)[C@@H](CO)O[C@@H]1CC1=NO[C@@]2(CCCN(C(=O)OC(C)(C)C)CC2)C1. The number of oxime groups is 1. The van der Waals surface area contributed by atoms with E-state index in [9.17, 15) is 23.8 Å². The van der Waals surface area contributed by atoms with Crippen LogP contribution in [0.3, 0.4) is 0 Å². The third-order valence-electron chi connectivity index (χ3n) is 8.48. The third-order valence-corrected chi connectivity index (χ3v) is 8.48. The maximum absolute atomic E-state index is 14.7. The van der Waals surface area contributed by atoms with E-state index in [0.29, 0.717) is 32.4 Å². The Balaban J connectivity index is 1.30. The predicted octanol–water partition coefficient (Wildman–Crippen LogP) is 3.53. The molecular formula is C30H41F2N5O7. The summed E-state index contributed by atoms with van der Waals surface area (Å²) in [7, 11) is 1.47. The molecule has 1 spiro atoms. The average Bonchev–Trinajstić information content (AvgIpc) is 3.54. The lowest BCUT2D eigenvalue weighted by atomic mass is 9.85. The summed E-state index contributed by atoms with van der Waals surface area (Å²) in [5, 5.41) is 33.8. The van der Waals surface area contributed by atoms with Gasteiger partial charge >= 0.3 is 6.09 Å². The van der Waals surface area contributed by atoms with Gasteiger partial charge in [-0.2, -0.15) is 0 Å². The maximum Gasteiger partial charge on any atom is 0.410 e. The second-order valence-electron chi connectivity index (χ2n) is 12.9. The largest absolute Gasteiger partial charge is 0.444 e. The second-order valence-corrected chi connectivity index (χ2v) is 12.9. The first-order chi connectivity index (χ1) is 20.8. The molecule has 4 heterocycles. The molecule has 1 aromatic carbocycles. The van der Waals surface area contributed by atoms with Gasteiger partial charge in [-0.25, -0.2) is 18.3 Å². The van der Waals surface area contributed by atoms with Crippen molar-refractivity contribution in [3.05, 3.63) is 35.5 Å². The zero-order chi connectivity index (χ0) is 31.8. The van der Waals surface area contributed by atoms with Crippen molar-refractivity contribution in [2.24, 2.45) is 5.16 Å². The van der Waals surface area contributed by atoms with Gasteiger partial charge < -0.3 is 34.2 Å². The first kappa shape index (κ1) is 32.2. The molecule has 3 aliphatic rings. The van der Waals surface area contributed by atoms with Gasteiger partial charge in [0.25, 0.3) is 0 Å². The van der Waals surface area contributed by atoms with Crippen LogP contribution in [0.2, 0.25) is 0 Å². The van der Waals surface area contributed by atoms with Crippen molar-refractivity contribution in [2.75, 3.05) is 26.8 Å². The number of nitrogens with zero attached hydrogens (tertiary/aromatic N) is 5. The minimum absolute atomic E-state index is 0.0680. The number of amides is 1. The normalized spacial score (nSPS) is 29.3. The minimum Gasteiger partial charge on any atom is -0.444 e. The maximum atomic E-state index is 14.7. The molecule has 14 heteroatoms. The molecule has 0 bridgehead atoms. The molecule has 5 rings (SSSR count). The number of hydrogen-bond acceptors (Lipinski definition) is 10. The fraction of sp³-hybridized carbons (Fsp3) is 0.667. The quantitative estimate of drug-likeness (QED) is 0.496. The summed E-state index contributed by atoms with van der Waals surface area (Å²) in [5.41, 5.74) is -0.243. The third kappa shape index (κ3) is 6.58. The molecule has 2 saturated heterocycles. The summed E-state index contributed by atoms with van der Waals surface area (Å²) in [6.07, 6.45) is 0.237. The highest BCUT2D eigenvalue weighted by Crippen LogP contribution is 2.39. The first-order valence-electron chi connectivity index (χ1n) is 14.9. The van der Waals surface area contributed by atoms with E-state index < -0.39 is 59.9 Å². The Labute approximate surface area is 254 Å². The van der Waals surface area contributed by atoms with Gasteiger partial charge in [0.2, 0.25) is 0 Å². The number of hydrogen-bond donors (Lipinski definition) is 2. The molecule has 2 fully saturated rings. The number of aromatic nitrogens is 3. The van der Waals surface area contributed by atoms with Crippen LogP contribution in [-0.4, -0.2) is 104 Å². The van der Waals surface area contributed by atoms with Crippen LogP contribution in [0.4, 0.5) is 13.6 Å². The molecule has 44 heavy (non-hydrogen) atoms. The molecule has 0 saturated carbocycles. The second kappa shape index (κ2) is 12.7. The highest BCUT2D eigenvalue weighted by molar-refractivity contribution is 5.86. The van der Waals surface area contributed by atoms with Crippen molar-refractivity contribution in [1.29, 1.82) is 0 Å². The molecule has 1 aromatic heterocycles. The summed E-state index contributed by atoms with van der Waals surface area (Å²) < 4.78 is 47.7. The number of rotatable bonds is 6. The van der Waals surface area contributed by atoms with E-state index in [-0.39, 0.29) is 29.3 Å². The van der Waals surface area contributed by atoms with E-state index in [1.54, 1.807) is 4.90 Å². The highest BCUT2D eigenvalue weighted by Gasteiger charge is 2.49. The van der Waals surface area contributed by atoms with Gasteiger partial charge in [0.1, 0.15) is 41.2 Å². The fourth-order valence-electron chi connectivity index (χ4n) is 6.20. The number of aliphatic hydroxyl groups is 2. The Morgan fingerprint density at radius 1 is 1.18 bits per heavy atom. The summed E-state index contributed by atoms with van der Waals surface area (Å²) >= 11 is 0. The summed E-state index contributed by atoms with van der Waals surface area (Å²) in [6, 6.07) is 2.00. The Hall–Kier alpha value is -3.20. The van der Waals surface area contributed by atoms with E-state index in [1.807, 2.05) is 20.8 Å². The van der Waals surface area contributed by atoms with E-state index in [2.05, 4.69) is 15.5 Å². The van der Waals surface area contributed by atoms with Crippen LogP contribution in [0.15, 0.2) is 23.5 Å². The summed E-state index contributed by atoms with van der Waals surface area (Å²) in [5.74, 6) is -2.01. The number of aliphatic hydroxyl groups excluding tert-OH is 2. The van der Waals surface area contributed by atoms with Gasteiger partial charge in [-0.1, -0.05) is 16.4 Å². The van der Waals surface area contributed by atoms with Crippen LogP contribution in [0.1, 0.15) is 64.5 Å². The number of carbonyl (C=O) groups is 1. The zero-order valence-corrected chi connectivity index (χ0v) is 25.7. The van der Waals surface area contributed by atoms with Crippen molar-refractivity contribution in [2.45, 2.75) is 101 Å². The number of likely N-dealkylation sites (tertiary alicyclic amines) is 1. The van der Waals surface area contributed by atoms with Crippen LogP contribution in [0.25, 0.3) is 11.3 Å². The summed E-state index contributed by atoms with van der Waals surface area (Å²) in [4.78, 5) is 20.3. The first-order valence-corrected chi connectivity index (χ1v) is 14.9. The van der Waals surface area contributed by atoms with Crippen molar-refractivity contribution in [1.82, 2.24) is 19.9 Å². The van der Waals surface area contributed by atoms with Gasteiger partial charge in [0, 0.05) is 45.0 Å². The van der Waals surface area contributed by atoms with Gasteiger partial charge in [-0.15, -0.1) is 5.10 Å². The standard InChI is InChI=1S/C30H41F2N5O7/c1-17-7-8-19(24(32)23(17)31)20-15-37(35-33-20)25-26(39)22(16-38)42-21(27(25)41-5)13-18-14-30(44-34-18)9-6-11-36(12-10-30)28(40)43-29(2,3)4/h7-8,15,21-22,25-27,38-39H,6,9-14,16H2,1-5H3/t21-,22-,25+,26+,27+,30-/m1/s1. The molecule has 6 atom stereocenters. The lowest BCUT2D eigenvalue weighted by Crippen LogP contribution is -2.57. The molecule has 2 N–H and O–H groups in total. The van der Waals surface area contributed by atoms with Crippen molar-refractivity contribution >= 4 is 11.8 Å². The van der Waals surface area contributed by atoms with Crippen LogP contribution in [0.5, 0.6) is 0 Å². The molecule has 12 nitrogen and oxygen atoms in total. The molecule has 0 aliphatic carbocycles. The smallest absolute Gasteiger partial charge is 0.410 e. The van der Waals surface area contributed by atoms with Crippen molar-refractivity contribution in [3.8, 4) is 11.3 Å². The fourth-order valence-corrected chi connectivity index (χ4v) is 6.20. The lowest BCUT2D eigenvalue weighted by molar-refractivity contribution is -0.210. The van der Waals surface area contributed by atoms with E-state index >= 15 is 0 Å². The van der Waals surface area contributed by atoms with Crippen LogP contribution >= 0.6 is 0 Å². The van der Waals surface area contributed by atoms with E-state index in [4.69, 9.17) is 19.0 Å². The monoisotopic (exact) mass is 621 g/mol. The molecule has 242 valence electrons. The minimum atomic E-state index is -1.25. The topological polar surface area (TPSA) is 141 Å². The number of benzene rings is 1. The molecule has 1 amide bonds. The van der Waals surface area contributed by atoms with E-state index in [0.717, 1.165) is 12.1 Å². The zero-order valence-electron chi connectivity index (χ0n) is 25.7. The van der Waals surface area contributed by atoms with E-state index in [1.165, 1.54) is 37.0 Å². The van der Waals surface area contributed by atoms with Crippen molar-refractivity contribution < 1.29 is 42.8 Å². The molecule has 0 unspecified atom stereocenters. The van der Waals surface area contributed by atoms with Gasteiger partial charge in [0.15, 0.2) is 11.6 Å². The lowest BCUT2D eigenvalue weighted by Gasteiger charge is -2.43. The molecular weight excluding hydrogens is 580 g/mol. The Morgan fingerprint density at radius 3 is 2.66 bits per heavy atom. The molecule has 2 aromatic rings. The molecule has 3 aliphatic heterocycles. The number of halogens is 2. The summed E-state index contributed by atoms with van der Waals surface area (Å²) in [6.45, 7) is 7.53. The average molecular weight is 622 g/mol. The Kier molecular flexibility index (Phi) is 9.26. The number of carbonyl (C=O) groups excluding carboxylic acids is 1. The van der Waals surface area contributed by atoms with Gasteiger partial charge in [-0.3, -0.25) is 0 Å². The Morgan fingerprint density at radius 2 is 1.95 bits per heavy atom. The van der Waals surface area contributed by atoms with Crippen LogP contribution < -0.4 is 0 Å². The van der Waals surface area contributed by atoms with Crippen molar-refractivity contribution in [3.63, 3.8) is 0 Å². The Bertz CT molecular complexity index is 1380. The van der Waals surface area contributed by atoms with Crippen LogP contribution in [-0.2, 0) is 19.0 Å². The number of aryl methyl sites for hydroxylation is 1. The predicted molar refractivity (Wildman–Crippen MR) is 154 cm³/mol. The number of methoxy groups -OCH3 is 1. The highest BCUT2D eigenvalue weighted by atomic mass is 19.2.